The third-order valence-corrected chi connectivity index (χ3v) is 3.34. The van der Waals surface area contributed by atoms with Gasteiger partial charge in [0.25, 0.3) is 0 Å². The van der Waals surface area contributed by atoms with E-state index in [0.29, 0.717) is 25.5 Å². The van der Waals surface area contributed by atoms with Crippen molar-refractivity contribution in [2.24, 2.45) is 7.05 Å². The average Bonchev–Trinajstić information content (AvgIpc) is 2.70. The Kier molecular flexibility index (Phi) is 3.96. The number of aryl methyl sites for hydroxylation is 1. The third-order valence-electron chi connectivity index (χ3n) is 3.34. The van der Waals surface area contributed by atoms with Gasteiger partial charge in [0, 0.05) is 39.8 Å². The van der Waals surface area contributed by atoms with Crippen LogP contribution in [0.1, 0.15) is 13.8 Å². The van der Waals surface area contributed by atoms with Gasteiger partial charge in [0.2, 0.25) is 12.1 Å². The number of imidazole rings is 1. The molecule has 1 aliphatic rings. The smallest absolute Gasteiger partial charge is 0.389 e. The topological polar surface area (TPSA) is 87.7 Å². The van der Waals surface area contributed by atoms with Crippen LogP contribution in [0.3, 0.4) is 0 Å². The van der Waals surface area contributed by atoms with Crippen molar-refractivity contribution in [3.05, 3.63) is 16.4 Å². The second kappa shape index (κ2) is 5.37. The van der Waals surface area contributed by atoms with Gasteiger partial charge in [-0.05, 0) is 23.8 Å². The molecule has 0 bridgehead atoms. The van der Waals surface area contributed by atoms with Crippen molar-refractivity contribution in [2.75, 3.05) is 37.6 Å². The van der Waals surface area contributed by atoms with Gasteiger partial charge in [0.1, 0.15) is 0 Å². The van der Waals surface area contributed by atoms with Gasteiger partial charge in [-0.25, -0.2) is 0 Å². The minimum absolute atomic E-state index is 0.0940. The highest BCUT2D eigenvalue weighted by molar-refractivity contribution is 5.54. The van der Waals surface area contributed by atoms with Gasteiger partial charge >= 0.3 is 5.82 Å². The number of aromatic nitrogens is 2. The number of aliphatic hydroxyl groups is 1. The molecule has 1 N–H and O–H groups in total. The first-order valence-electron chi connectivity index (χ1n) is 6.63. The van der Waals surface area contributed by atoms with E-state index in [9.17, 15) is 15.2 Å². The molecule has 8 nitrogen and oxygen atoms in total. The molecule has 1 aliphatic heterocycles. The monoisotopic (exact) mass is 283 g/mol. The summed E-state index contributed by atoms with van der Waals surface area (Å²) < 4.78 is 1.68. The van der Waals surface area contributed by atoms with Crippen molar-refractivity contribution < 1.29 is 10.0 Å². The Labute approximate surface area is 117 Å². The van der Waals surface area contributed by atoms with Gasteiger partial charge in [-0.3, -0.25) is 9.47 Å². The highest BCUT2D eigenvalue weighted by Gasteiger charge is 2.29. The van der Waals surface area contributed by atoms with E-state index < -0.39 is 10.5 Å². The highest BCUT2D eigenvalue weighted by atomic mass is 16.6. The van der Waals surface area contributed by atoms with Crippen LogP contribution in [0.4, 0.5) is 11.6 Å². The van der Waals surface area contributed by atoms with Crippen LogP contribution in [0.25, 0.3) is 0 Å². The van der Waals surface area contributed by atoms with Gasteiger partial charge < -0.3 is 20.1 Å². The number of nitro groups is 1. The largest absolute Gasteiger partial charge is 0.406 e. The molecule has 1 saturated heterocycles. The molecule has 1 aromatic heterocycles. The summed E-state index contributed by atoms with van der Waals surface area (Å²) in [5.41, 5.74) is -0.722. The number of nitrogens with zero attached hydrogens (tertiary/aromatic N) is 5. The molecule has 2 rings (SSSR count). The molecule has 0 radical (unpaired) electrons. The first-order valence-corrected chi connectivity index (χ1v) is 6.63. The van der Waals surface area contributed by atoms with Crippen molar-refractivity contribution in [1.29, 1.82) is 0 Å². The summed E-state index contributed by atoms with van der Waals surface area (Å²) in [5, 5.41) is 20.8. The molecule has 0 saturated carbocycles. The molecule has 8 heteroatoms. The summed E-state index contributed by atoms with van der Waals surface area (Å²) in [7, 11) is 1.76. The Balaban J connectivity index is 2.04. The first-order chi connectivity index (χ1) is 9.28. The van der Waals surface area contributed by atoms with Gasteiger partial charge in [-0.1, -0.05) is 0 Å². The zero-order chi connectivity index (χ0) is 14.9. The van der Waals surface area contributed by atoms with Gasteiger partial charge in [-0.15, -0.1) is 0 Å². The summed E-state index contributed by atoms with van der Waals surface area (Å²) in [6, 6.07) is 0. The number of β-amino-alcohol motifs (C(OH)–C–C–N with tert-alkyl or cyclic N) is 1. The van der Waals surface area contributed by atoms with Crippen LogP contribution < -0.4 is 4.90 Å². The molecule has 0 unspecified atom stereocenters. The maximum Gasteiger partial charge on any atom is 0.406 e. The van der Waals surface area contributed by atoms with E-state index in [0.717, 1.165) is 13.1 Å². The Bertz CT molecular complexity index is 486. The lowest BCUT2D eigenvalue weighted by Gasteiger charge is -2.37. The highest BCUT2D eigenvalue weighted by Crippen LogP contribution is 2.26. The fraction of sp³-hybridized carbons (Fsp3) is 0.750. The lowest BCUT2D eigenvalue weighted by molar-refractivity contribution is -0.388. The molecule has 0 aromatic carbocycles. The predicted octanol–water partition coefficient (Wildman–Crippen LogP) is 0.221. The minimum Gasteiger partial charge on any atom is -0.389 e. The van der Waals surface area contributed by atoms with Crippen LogP contribution in [0, 0.1) is 10.1 Å². The van der Waals surface area contributed by atoms with E-state index >= 15 is 0 Å². The van der Waals surface area contributed by atoms with E-state index in [4.69, 9.17) is 0 Å². The predicted molar refractivity (Wildman–Crippen MR) is 74.8 cm³/mol. The molecule has 0 spiro atoms. The molecule has 1 aromatic rings. The zero-order valence-electron chi connectivity index (χ0n) is 12.1. The Morgan fingerprint density at radius 1 is 1.40 bits per heavy atom. The lowest BCUT2D eigenvalue weighted by Crippen LogP contribution is -2.51. The molecule has 0 amide bonds. The summed E-state index contributed by atoms with van der Waals surface area (Å²) in [6.07, 6.45) is 1.47. The fourth-order valence-corrected chi connectivity index (χ4v) is 2.57. The molecular weight excluding hydrogens is 262 g/mol. The molecule has 0 atom stereocenters. The van der Waals surface area contributed by atoms with Gasteiger partial charge in [-0.2, -0.15) is 0 Å². The number of hydrogen-bond acceptors (Lipinski definition) is 6. The number of piperazine rings is 1. The van der Waals surface area contributed by atoms with Crippen molar-refractivity contribution in [1.82, 2.24) is 14.5 Å². The Morgan fingerprint density at radius 3 is 2.50 bits per heavy atom. The fourth-order valence-electron chi connectivity index (χ4n) is 2.57. The van der Waals surface area contributed by atoms with E-state index in [1.807, 2.05) is 4.90 Å². The second-order valence-electron chi connectivity index (χ2n) is 5.84. The average molecular weight is 283 g/mol. The molecular formula is C12H21N5O3. The van der Waals surface area contributed by atoms with Crippen molar-refractivity contribution in [2.45, 2.75) is 19.4 Å². The van der Waals surface area contributed by atoms with Crippen LogP contribution in [0.5, 0.6) is 0 Å². The normalized spacial score (nSPS) is 17.5. The van der Waals surface area contributed by atoms with Crippen molar-refractivity contribution in [3.63, 3.8) is 0 Å². The summed E-state index contributed by atoms with van der Waals surface area (Å²) >= 11 is 0. The molecule has 20 heavy (non-hydrogen) atoms. The number of rotatable bonds is 4. The maximum atomic E-state index is 11.0. The van der Waals surface area contributed by atoms with Crippen LogP contribution >= 0.6 is 0 Å². The van der Waals surface area contributed by atoms with E-state index in [2.05, 4.69) is 9.88 Å². The standard InChI is InChI=1S/C12H21N5O3/c1-12(2,18)8-15-4-6-16(7-5-15)11-10(17(19)20)13-9-14(11)3/h9,18H,4-8H2,1-3H3. The molecule has 112 valence electrons. The van der Waals surface area contributed by atoms with Gasteiger partial charge in [0.05, 0.1) is 5.60 Å². The SMILES string of the molecule is Cn1cnc([N+](=O)[O-])c1N1CCN(CC(C)(C)O)CC1. The Hall–Kier alpha value is -1.67. The van der Waals surface area contributed by atoms with E-state index in [1.54, 1.807) is 25.5 Å². The van der Waals surface area contributed by atoms with Crippen molar-refractivity contribution >= 4 is 11.6 Å². The summed E-state index contributed by atoms with van der Waals surface area (Å²) in [4.78, 5) is 18.5. The minimum atomic E-state index is -0.722. The third kappa shape index (κ3) is 3.26. The molecule has 0 aliphatic carbocycles. The zero-order valence-corrected chi connectivity index (χ0v) is 12.1. The first kappa shape index (κ1) is 14.7. The lowest BCUT2D eigenvalue weighted by atomic mass is 10.1. The summed E-state index contributed by atoms with van der Waals surface area (Å²) in [5.74, 6) is 0.460. The molecule has 2 heterocycles. The second-order valence-corrected chi connectivity index (χ2v) is 5.84. The summed E-state index contributed by atoms with van der Waals surface area (Å²) in [6.45, 7) is 7.09. The van der Waals surface area contributed by atoms with Crippen molar-refractivity contribution in [3.8, 4) is 0 Å². The van der Waals surface area contributed by atoms with Gasteiger partial charge in [0.15, 0.2) is 0 Å². The van der Waals surface area contributed by atoms with E-state index in [1.165, 1.54) is 6.33 Å². The van der Waals surface area contributed by atoms with Crippen LogP contribution in [0.15, 0.2) is 6.33 Å². The van der Waals surface area contributed by atoms with E-state index in [-0.39, 0.29) is 5.82 Å². The van der Waals surface area contributed by atoms with Crippen LogP contribution in [-0.2, 0) is 7.05 Å². The maximum absolute atomic E-state index is 11.0. The molecule has 1 fully saturated rings. The quantitative estimate of drug-likeness (QED) is 0.628. The van der Waals surface area contributed by atoms with Crippen LogP contribution in [0.2, 0.25) is 0 Å². The number of hydrogen-bond donors (Lipinski definition) is 1. The Morgan fingerprint density at radius 2 is 2.00 bits per heavy atom. The van der Waals surface area contributed by atoms with Crippen LogP contribution in [-0.4, -0.2) is 62.8 Å². The number of anilines is 1.